The highest BCUT2D eigenvalue weighted by Crippen LogP contribution is 2.11. The lowest BCUT2D eigenvalue weighted by Crippen LogP contribution is -2.47. The summed E-state index contributed by atoms with van der Waals surface area (Å²) in [5.41, 5.74) is 6.22. The number of halogens is 1. The molecule has 3 N–H and O–H groups in total. The molecule has 0 aliphatic carbocycles. The maximum absolute atomic E-state index is 11.2. The number of carbonyl (C=O) groups excluding carboxylic acids is 1. The van der Waals surface area contributed by atoms with Gasteiger partial charge >= 0.3 is 0 Å². The highest BCUT2D eigenvalue weighted by atomic mass is 35.5. The second kappa shape index (κ2) is 6.51. The first-order chi connectivity index (χ1) is 7.03. The Bertz CT molecular complexity index is 325. The Labute approximate surface area is 103 Å². The summed E-state index contributed by atoms with van der Waals surface area (Å²) in [6.45, 7) is 4.03. The number of nitrogens with one attached hydrogen (secondary N) is 1. The molecule has 16 heavy (non-hydrogen) atoms. The Morgan fingerprint density at radius 1 is 1.31 bits per heavy atom. The predicted octanol–water partition coefficient (Wildman–Crippen LogP) is 1.50. The fourth-order valence-corrected chi connectivity index (χ4v) is 1.58. The molecule has 0 atom stereocenters. The molecular weight excluding hydrogens is 224 g/mol. The summed E-state index contributed by atoms with van der Waals surface area (Å²) in [4.78, 5) is 11.2. The van der Waals surface area contributed by atoms with Crippen LogP contribution in [0.25, 0.3) is 0 Å². The lowest BCUT2D eigenvalue weighted by atomic mass is 9.95. The molecule has 1 aromatic carbocycles. The number of rotatable bonds is 4. The van der Waals surface area contributed by atoms with Crippen LogP contribution < -0.4 is 11.1 Å². The van der Waals surface area contributed by atoms with Gasteiger partial charge in [0.25, 0.3) is 0 Å². The molecular formula is C12H19ClN2O. The minimum atomic E-state index is -0.252. The summed E-state index contributed by atoms with van der Waals surface area (Å²) in [5.74, 6) is -0.115. The molecule has 4 heteroatoms. The molecule has 0 saturated heterocycles. The van der Waals surface area contributed by atoms with E-state index in [4.69, 9.17) is 5.73 Å². The maximum atomic E-state index is 11.2. The molecule has 1 rings (SSSR count). The summed E-state index contributed by atoms with van der Waals surface area (Å²) in [7, 11) is 0. The van der Waals surface area contributed by atoms with Crippen molar-refractivity contribution in [3.05, 3.63) is 35.9 Å². The molecule has 0 bridgehead atoms. The highest BCUT2D eigenvalue weighted by molar-refractivity contribution is 5.85. The zero-order valence-electron chi connectivity index (χ0n) is 9.69. The second-order valence-electron chi connectivity index (χ2n) is 4.30. The predicted molar refractivity (Wildman–Crippen MR) is 68.7 cm³/mol. The Kier molecular flexibility index (Phi) is 6.08. The van der Waals surface area contributed by atoms with Crippen molar-refractivity contribution in [3.63, 3.8) is 0 Å². The zero-order chi connectivity index (χ0) is 11.3. The summed E-state index contributed by atoms with van der Waals surface area (Å²) in [6.07, 6.45) is 0.805. The molecule has 0 saturated carbocycles. The Morgan fingerprint density at radius 2 is 1.88 bits per heavy atom. The molecule has 0 spiro atoms. The topological polar surface area (TPSA) is 55.1 Å². The van der Waals surface area contributed by atoms with Gasteiger partial charge in [-0.3, -0.25) is 4.79 Å². The quantitative estimate of drug-likeness (QED) is 0.841. The van der Waals surface area contributed by atoms with E-state index in [2.05, 4.69) is 17.4 Å². The van der Waals surface area contributed by atoms with Gasteiger partial charge in [-0.1, -0.05) is 30.3 Å². The average Bonchev–Trinajstić information content (AvgIpc) is 2.17. The van der Waals surface area contributed by atoms with Crippen LogP contribution in [0.2, 0.25) is 0 Å². The number of hydrogen-bond acceptors (Lipinski definition) is 2. The van der Waals surface area contributed by atoms with Gasteiger partial charge in [-0.25, -0.2) is 0 Å². The number of carbonyl (C=O) groups is 1. The Morgan fingerprint density at radius 3 is 2.38 bits per heavy atom. The number of hydrogen-bond donors (Lipinski definition) is 2. The summed E-state index contributed by atoms with van der Waals surface area (Å²) >= 11 is 0. The number of nitrogens with two attached hydrogens (primary N) is 1. The molecule has 3 nitrogen and oxygen atoms in total. The molecule has 0 heterocycles. The van der Waals surface area contributed by atoms with E-state index in [1.54, 1.807) is 0 Å². The van der Waals surface area contributed by atoms with Crippen LogP contribution in [0.3, 0.4) is 0 Å². The monoisotopic (exact) mass is 242 g/mol. The van der Waals surface area contributed by atoms with Gasteiger partial charge in [-0.05, 0) is 25.8 Å². The van der Waals surface area contributed by atoms with Gasteiger partial charge < -0.3 is 11.1 Å². The second-order valence-corrected chi connectivity index (χ2v) is 4.30. The standard InChI is InChI=1S/C12H18N2O.ClH/c1-12(2,14-11(15)9-13)8-10-6-4-3-5-7-10;/h3-7H,8-9,13H2,1-2H3,(H,14,15);1H. The van der Waals surface area contributed by atoms with Crippen molar-refractivity contribution in [2.75, 3.05) is 6.54 Å². The molecule has 1 aromatic rings. The molecule has 90 valence electrons. The summed E-state index contributed by atoms with van der Waals surface area (Å²) in [5, 5.41) is 2.89. The van der Waals surface area contributed by atoms with Gasteiger partial charge in [-0.15, -0.1) is 12.4 Å². The van der Waals surface area contributed by atoms with E-state index in [0.29, 0.717) is 0 Å². The van der Waals surface area contributed by atoms with E-state index in [9.17, 15) is 4.79 Å². The summed E-state index contributed by atoms with van der Waals surface area (Å²) in [6, 6.07) is 10.1. The van der Waals surface area contributed by atoms with Gasteiger partial charge in [0, 0.05) is 5.54 Å². The third-order valence-electron chi connectivity index (χ3n) is 2.15. The van der Waals surface area contributed by atoms with Gasteiger partial charge in [0.2, 0.25) is 5.91 Å². The van der Waals surface area contributed by atoms with Crippen molar-refractivity contribution in [1.82, 2.24) is 5.32 Å². The van der Waals surface area contributed by atoms with E-state index >= 15 is 0 Å². The number of benzene rings is 1. The average molecular weight is 243 g/mol. The third-order valence-corrected chi connectivity index (χ3v) is 2.15. The smallest absolute Gasteiger partial charge is 0.234 e. The molecule has 0 aliphatic heterocycles. The van der Waals surface area contributed by atoms with Crippen LogP contribution in [-0.2, 0) is 11.2 Å². The molecule has 1 amide bonds. The van der Waals surface area contributed by atoms with Gasteiger partial charge in [0.05, 0.1) is 6.54 Å². The van der Waals surface area contributed by atoms with Crippen LogP contribution in [0.1, 0.15) is 19.4 Å². The molecule has 0 radical (unpaired) electrons. The molecule has 0 aliphatic rings. The van der Waals surface area contributed by atoms with Crippen LogP contribution in [0.4, 0.5) is 0 Å². The first-order valence-electron chi connectivity index (χ1n) is 5.08. The van der Waals surface area contributed by atoms with E-state index in [-0.39, 0.29) is 30.4 Å². The van der Waals surface area contributed by atoms with Crippen molar-refractivity contribution in [2.24, 2.45) is 5.73 Å². The van der Waals surface area contributed by atoms with Crippen LogP contribution >= 0.6 is 12.4 Å². The molecule has 0 fully saturated rings. The van der Waals surface area contributed by atoms with Crippen LogP contribution in [0, 0.1) is 0 Å². The van der Waals surface area contributed by atoms with Crippen molar-refractivity contribution >= 4 is 18.3 Å². The van der Waals surface area contributed by atoms with Crippen LogP contribution in [0.15, 0.2) is 30.3 Å². The van der Waals surface area contributed by atoms with E-state index < -0.39 is 0 Å². The van der Waals surface area contributed by atoms with E-state index in [1.165, 1.54) is 5.56 Å². The summed E-state index contributed by atoms with van der Waals surface area (Å²) < 4.78 is 0. The number of amides is 1. The highest BCUT2D eigenvalue weighted by Gasteiger charge is 2.19. The van der Waals surface area contributed by atoms with Crippen molar-refractivity contribution in [2.45, 2.75) is 25.8 Å². The maximum Gasteiger partial charge on any atom is 0.234 e. The Balaban J connectivity index is 0.00000225. The largest absolute Gasteiger partial charge is 0.350 e. The van der Waals surface area contributed by atoms with E-state index in [1.807, 2.05) is 32.0 Å². The zero-order valence-corrected chi connectivity index (χ0v) is 10.5. The first kappa shape index (κ1) is 14.9. The van der Waals surface area contributed by atoms with E-state index in [0.717, 1.165) is 6.42 Å². The van der Waals surface area contributed by atoms with Gasteiger partial charge in [-0.2, -0.15) is 0 Å². The van der Waals surface area contributed by atoms with Crippen molar-refractivity contribution in [3.8, 4) is 0 Å². The third kappa shape index (κ3) is 5.14. The lowest BCUT2D eigenvalue weighted by molar-refractivity contribution is -0.121. The first-order valence-corrected chi connectivity index (χ1v) is 5.08. The van der Waals surface area contributed by atoms with Crippen molar-refractivity contribution < 1.29 is 4.79 Å². The lowest BCUT2D eigenvalue weighted by Gasteiger charge is -2.26. The fraction of sp³-hybridized carbons (Fsp3) is 0.417. The van der Waals surface area contributed by atoms with Crippen molar-refractivity contribution in [1.29, 1.82) is 0 Å². The van der Waals surface area contributed by atoms with Crippen LogP contribution in [-0.4, -0.2) is 18.0 Å². The van der Waals surface area contributed by atoms with Gasteiger partial charge in [0.1, 0.15) is 0 Å². The molecule has 0 unspecified atom stereocenters. The minimum Gasteiger partial charge on any atom is -0.350 e. The van der Waals surface area contributed by atoms with Gasteiger partial charge in [0.15, 0.2) is 0 Å². The van der Waals surface area contributed by atoms with Crippen LogP contribution in [0.5, 0.6) is 0 Å². The SMILES string of the molecule is CC(C)(Cc1ccccc1)NC(=O)CN.Cl. The fourth-order valence-electron chi connectivity index (χ4n) is 1.58. The Hall–Kier alpha value is -1.06. The normalized spacial score (nSPS) is 10.4. The minimum absolute atomic E-state index is 0. The molecule has 0 aromatic heterocycles.